The van der Waals surface area contributed by atoms with E-state index in [4.69, 9.17) is 4.74 Å². The molecule has 2 aromatic heterocycles. The van der Waals surface area contributed by atoms with E-state index in [0.717, 1.165) is 17.0 Å². The van der Waals surface area contributed by atoms with E-state index >= 15 is 0 Å². The fraction of sp³-hybridized carbons (Fsp3) is 0.200. The standard InChI is InChI=1S/C20H20N2O3S/c1-3-16-13-17(20(24)25-4-2)19(26-16)21-18(23)14-7-9-15(10-8-14)22-11-5-6-12-22/h5-13H,3-4H2,1-2H3,(H,21,23). The van der Waals surface area contributed by atoms with Crippen LogP contribution in [0.4, 0.5) is 5.00 Å². The largest absolute Gasteiger partial charge is 0.462 e. The van der Waals surface area contributed by atoms with Gasteiger partial charge in [-0.05, 0) is 55.8 Å². The highest BCUT2D eigenvalue weighted by atomic mass is 32.1. The number of aromatic nitrogens is 1. The number of ether oxygens (including phenoxy) is 1. The number of hydrogen-bond acceptors (Lipinski definition) is 4. The number of carbonyl (C=O) groups excluding carboxylic acids is 2. The molecule has 0 atom stereocenters. The van der Waals surface area contributed by atoms with Crippen LogP contribution < -0.4 is 5.32 Å². The van der Waals surface area contributed by atoms with Crippen molar-refractivity contribution in [3.05, 3.63) is 70.9 Å². The number of hydrogen-bond donors (Lipinski definition) is 1. The molecule has 1 N–H and O–H groups in total. The van der Waals surface area contributed by atoms with E-state index < -0.39 is 5.97 Å². The second kappa shape index (κ2) is 8.01. The average Bonchev–Trinajstić information content (AvgIpc) is 3.32. The summed E-state index contributed by atoms with van der Waals surface area (Å²) in [5.74, 6) is -0.666. The zero-order chi connectivity index (χ0) is 18.5. The maximum Gasteiger partial charge on any atom is 0.341 e. The third-order valence-corrected chi connectivity index (χ3v) is 5.08. The predicted molar refractivity (Wildman–Crippen MR) is 103 cm³/mol. The number of carbonyl (C=O) groups is 2. The Morgan fingerprint density at radius 3 is 2.42 bits per heavy atom. The van der Waals surface area contributed by atoms with E-state index in [1.807, 2.05) is 48.1 Å². The Morgan fingerprint density at radius 1 is 1.12 bits per heavy atom. The number of nitrogens with zero attached hydrogens (tertiary/aromatic N) is 1. The van der Waals surface area contributed by atoms with Crippen LogP contribution in [0.25, 0.3) is 5.69 Å². The summed E-state index contributed by atoms with van der Waals surface area (Å²) >= 11 is 1.40. The lowest BCUT2D eigenvalue weighted by Gasteiger charge is -2.07. The Labute approximate surface area is 156 Å². The van der Waals surface area contributed by atoms with Gasteiger partial charge in [-0.25, -0.2) is 4.79 Å². The summed E-state index contributed by atoms with van der Waals surface area (Å²) in [6.45, 7) is 4.06. The summed E-state index contributed by atoms with van der Waals surface area (Å²) in [7, 11) is 0. The smallest absolute Gasteiger partial charge is 0.341 e. The first-order valence-electron chi connectivity index (χ1n) is 8.47. The van der Waals surface area contributed by atoms with Crippen molar-refractivity contribution < 1.29 is 14.3 Å². The van der Waals surface area contributed by atoms with Gasteiger partial charge in [0.1, 0.15) is 5.00 Å². The van der Waals surface area contributed by atoms with Crippen molar-refractivity contribution in [1.29, 1.82) is 0 Å². The molecule has 0 unspecified atom stereocenters. The van der Waals surface area contributed by atoms with E-state index in [-0.39, 0.29) is 5.91 Å². The molecule has 1 aromatic carbocycles. The van der Waals surface area contributed by atoms with Crippen LogP contribution in [0.1, 0.15) is 39.4 Å². The van der Waals surface area contributed by atoms with Gasteiger partial charge in [-0.3, -0.25) is 4.79 Å². The fourth-order valence-electron chi connectivity index (χ4n) is 2.54. The number of anilines is 1. The van der Waals surface area contributed by atoms with Gasteiger partial charge in [-0.1, -0.05) is 6.92 Å². The van der Waals surface area contributed by atoms with Crippen molar-refractivity contribution in [1.82, 2.24) is 4.57 Å². The van der Waals surface area contributed by atoms with E-state index in [2.05, 4.69) is 5.32 Å². The number of rotatable bonds is 6. The van der Waals surface area contributed by atoms with Crippen LogP contribution in [0.2, 0.25) is 0 Å². The van der Waals surface area contributed by atoms with Gasteiger partial charge in [0, 0.05) is 28.5 Å². The lowest BCUT2D eigenvalue weighted by atomic mass is 10.2. The minimum absolute atomic E-state index is 0.251. The zero-order valence-corrected chi connectivity index (χ0v) is 15.5. The second-order valence-corrected chi connectivity index (χ2v) is 6.76. The maximum absolute atomic E-state index is 12.6. The van der Waals surface area contributed by atoms with Crippen molar-refractivity contribution in [2.45, 2.75) is 20.3 Å². The highest BCUT2D eigenvalue weighted by Gasteiger charge is 2.19. The highest BCUT2D eigenvalue weighted by Crippen LogP contribution is 2.30. The summed E-state index contributed by atoms with van der Waals surface area (Å²) < 4.78 is 7.05. The van der Waals surface area contributed by atoms with Crippen LogP contribution >= 0.6 is 11.3 Å². The topological polar surface area (TPSA) is 60.3 Å². The molecule has 0 radical (unpaired) electrons. The molecule has 0 spiro atoms. The summed E-state index contributed by atoms with van der Waals surface area (Å²) in [6.07, 6.45) is 4.68. The van der Waals surface area contributed by atoms with Gasteiger partial charge in [0.15, 0.2) is 0 Å². The number of aryl methyl sites for hydroxylation is 1. The van der Waals surface area contributed by atoms with Gasteiger partial charge in [-0.2, -0.15) is 0 Å². The van der Waals surface area contributed by atoms with Gasteiger partial charge < -0.3 is 14.6 Å². The lowest BCUT2D eigenvalue weighted by Crippen LogP contribution is -2.14. The molecular formula is C20H20N2O3S. The Kier molecular flexibility index (Phi) is 5.53. The lowest BCUT2D eigenvalue weighted by molar-refractivity contribution is 0.0528. The number of nitrogens with one attached hydrogen (secondary N) is 1. The third kappa shape index (κ3) is 3.86. The molecule has 0 saturated carbocycles. The Balaban J connectivity index is 1.79. The predicted octanol–water partition coefficient (Wildman–Crippen LogP) is 4.53. The number of esters is 1. The third-order valence-electron chi connectivity index (χ3n) is 3.89. The minimum Gasteiger partial charge on any atom is -0.462 e. The minimum atomic E-state index is -0.415. The molecule has 0 bridgehead atoms. The van der Waals surface area contributed by atoms with Crippen LogP contribution in [-0.4, -0.2) is 23.1 Å². The Hall–Kier alpha value is -2.86. The molecule has 0 aliphatic heterocycles. The SMILES string of the molecule is CCOC(=O)c1cc(CC)sc1NC(=O)c1ccc(-n2cccc2)cc1. The first-order chi connectivity index (χ1) is 12.6. The van der Waals surface area contributed by atoms with Gasteiger partial charge >= 0.3 is 5.97 Å². The molecule has 2 heterocycles. The highest BCUT2D eigenvalue weighted by molar-refractivity contribution is 7.16. The summed E-state index contributed by atoms with van der Waals surface area (Å²) in [5, 5.41) is 3.37. The van der Waals surface area contributed by atoms with E-state index in [9.17, 15) is 9.59 Å². The summed E-state index contributed by atoms with van der Waals surface area (Å²) in [4.78, 5) is 25.7. The van der Waals surface area contributed by atoms with Crippen molar-refractivity contribution in [3.63, 3.8) is 0 Å². The summed E-state index contributed by atoms with van der Waals surface area (Å²) in [5.41, 5.74) is 1.91. The first-order valence-corrected chi connectivity index (χ1v) is 9.28. The quantitative estimate of drug-likeness (QED) is 0.650. The molecule has 26 heavy (non-hydrogen) atoms. The zero-order valence-electron chi connectivity index (χ0n) is 14.7. The molecule has 1 amide bonds. The first kappa shape index (κ1) is 17.9. The molecule has 0 fully saturated rings. The van der Waals surface area contributed by atoms with Crippen LogP contribution in [0.3, 0.4) is 0 Å². The number of thiophene rings is 1. The molecule has 6 heteroatoms. The fourth-order valence-corrected chi connectivity index (χ4v) is 3.52. The van der Waals surface area contributed by atoms with E-state index in [1.54, 1.807) is 25.1 Å². The van der Waals surface area contributed by atoms with Crippen molar-refractivity contribution in [3.8, 4) is 5.69 Å². The molecule has 0 aliphatic rings. The molecule has 0 aliphatic carbocycles. The second-order valence-electron chi connectivity index (χ2n) is 5.62. The monoisotopic (exact) mass is 368 g/mol. The molecular weight excluding hydrogens is 348 g/mol. The van der Waals surface area contributed by atoms with Gasteiger partial charge in [0.2, 0.25) is 0 Å². The molecule has 3 aromatic rings. The Bertz CT molecular complexity index is 896. The molecule has 0 saturated heterocycles. The molecule has 5 nitrogen and oxygen atoms in total. The van der Waals surface area contributed by atoms with Crippen LogP contribution in [0.15, 0.2) is 54.9 Å². The van der Waals surface area contributed by atoms with Crippen molar-refractivity contribution in [2.24, 2.45) is 0 Å². The van der Waals surface area contributed by atoms with Gasteiger partial charge in [-0.15, -0.1) is 11.3 Å². The maximum atomic E-state index is 12.6. The van der Waals surface area contributed by atoms with Crippen molar-refractivity contribution in [2.75, 3.05) is 11.9 Å². The Morgan fingerprint density at radius 2 is 1.81 bits per heavy atom. The normalized spacial score (nSPS) is 10.5. The average molecular weight is 368 g/mol. The van der Waals surface area contributed by atoms with Crippen LogP contribution in [0, 0.1) is 0 Å². The molecule has 3 rings (SSSR count). The summed E-state index contributed by atoms with van der Waals surface area (Å²) in [6, 6.07) is 13.0. The van der Waals surface area contributed by atoms with Gasteiger partial charge in [0.25, 0.3) is 5.91 Å². The van der Waals surface area contributed by atoms with E-state index in [0.29, 0.717) is 22.7 Å². The van der Waals surface area contributed by atoms with Crippen LogP contribution in [0.5, 0.6) is 0 Å². The van der Waals surface area contributed by atoms with E-state index in [1.165, 1.54) is 11.3 Å². The molecule has 134 valence electrons. The number of amides is 1. The van der Waals surface area contributed by atoms with Crippen molar-refractivity contribution >= 4 is 28.2 Å². The van der Waals surface area contributed by atoms with Crippen LogP contribution in [-0.2, 0) is 11.2 Å². The van der Waals surface area contributed by atoms with Gasteiger partial charge in [0.05, 0.1) is 12.2 Å². The number of benzene rings is 1.